The van der Waals surface area contributed by atoms with Crippen molar-refractivity contribution in [2.24, 2.45) is 0 Å². The van der Waals surface area contributed by atoms with Crippen LogP contribution in [0.4, 0.5) is 4.39 Å². The molecule has 3 aromatic rings. The van der Waals surface area contributed by atoms with E-state index in [1.165, 1.54) is 12.1 Å². The molecule has 6 heteroatoms. The van der Waals surface area contributed by atoms with Gasteiger partial charge in [0.05, 0.1) is 0 Å². The SMILES string of the molecule is O=C(NCCCn1cccn1)c1ccc(COc2ccc(F)cc2)cc1. The van der Waals surface area contributed by atoms with Crippen molar-refractivity contribution in [1.29, 1.82) is 0 Å². The normalized spacial score (nSPS) is 10.5. The molecule has 0 aliphatic carbocycles. The zero-order chi connectivity index (χ0) is 18.2. The summed E-state index contributed by atoms with van der Waals surface area (Å²) in [5, 5.41) is 7.02. The first-order chi connectivity index (χ1) is 12.7. The lowest BCUT2D eigenvalue weighted by Gasteiger charge is -2.08. The van der Waals surface area contributed by atoms with E-state index in [0.717, 1.165) is 18.5 Å². The molecular formula is C20H20FN3O2. The van der Waals surface area contributed by atoms with Crippen LogP contribution in [0.15, 0.2) is 67.0 Å². The third-order valence-electron chi connectivity index (χ3n) is 3.84. The molecule has 1 heterocycles. The number of hydrogen-bond acceptors (Lipinski definition) is 3. The van der Waals surface area contributed by atoms with Crippen LogP contribution in [-0.2, 0) is 13.2 Å². The molecule has 0 atom stereocenters. The molecular weight excluding hydrogens is 333 g/mol. The summed E-state index contributed by atoms with van der Waals surface area (Å²) in [7, 11) is 0. The second-order valence-electron chi connectivity index (χ2n) is 5.82. The van der Waals surface area contributed by atoms with Gasteiger partial charge in [-0.2, -0.15) is 5.10 Å². The Labute approximate surface area is 151 Å². The van der Waals surface area contributed by atoms with E-state index in [-0.39, 0.29) is 11.7 Å². The maximum Gasteiger partial charge on any atom is 0.251 e. The Hall–Kier alpha value is -3.15. The van der Waals surface area contributed by atoms with Crippen molar-refractivity contribution < 1.29 is 13.9 Å². The van der Waals surface area contributed by atoms with Gasteiger partial charge in [-0.15, -0.1) is 0 Å². The quantitative estimate of drug-likeness (QED) is 0.631. The summed E-state index contributed by atoms with van der Waals surface area (Å²) >= 11 is 0. The number of aromatic nitrogens is 2. The Balaban J connectivity index is 1.42. The Bertz CT molecular complexity index is 815. The number of rotatable bonds is 8. The van der Waals surface area contributed by atoms with Gasteiger partial charge in [-0.3, -0.25) is 9.48 Å². The van der Waals surface area contributed by atoms with Crippen LogP contribution in [0.3, 0.4) is 0 Å². The minimum atomic E-state index is -0.294. The van der Waals surface area contributed by atoms with Gasteiger partial charge in [-0.05, 0) is 54.4 Å². The van der Waals surface area contributed by atoms with Crippen molar-refractivity contribution in [3.63, 3.8) is 0 Å². The van der Waals surface area contributed by atoms with Gasteiger partial charge in [0.15, 0.2) is 0 Å². The summed E-state index contributed by atoms with van der Waals surface area (Å²) < 4.78 is 20.3. The highest BCUT2D eigenvalue weighted by Gasteiger charge is 2.05. The molecule has 1 N–H and O–H groups in total. The topological polar surface area (TPSA) is 56.2 Å². The van der Waals surface area contributed by atoms with Gasteiger partial charge >= 0.3 is 0 Å². The fourth-order valence-electron chi connectivity index (χ4n) is 2.43. The first-order valence-electron chi connectivity index (χ1n) is 8.44. The highest BCUT2D eigenvalue weighted by Crippen LogP contribution is 2.14. The largest absolute Gasteiger partial charge is 0.489 e. The zero-order valence-corrected chi connectivity index (χ0v) is 14.3. The lowest BCUT2D eigenvalue weighted by molar-refractivity contribution is 0.0952. The van der Waals surface area contributed by atoms with Crippen LogP contribution in [0.5, 0.6) is 5.75 Å². The maximum absolute atomic E-state index is 12.9. The van der Waals surface area contributed by atoms with E-state index in [1.807, 2.05) is 29.1 Å². The summed E-state index contributed by atoms with van der Waals surface area (Å²) in [5.41, 5.74) is 1.54. The third-order valence-corrected chi connectivity index (χ3v) is 3.84. The highest BCUT2D eigenvalue weighted by molar-refractivity contribution is 5.94. The summed E-state index contributed by atoms with van der Waals surface area (Å²) in [5.74, 6) is 0.208. The van der Waals surface area contributed by atoms with Crippen LogP contribution >= 0.6 is 0 Å². The number of nitrogens with one attached hydrogen (secondary N) is 1. The van der Waals surface area contributed by atoms with Crippen molar-refractivity contribution in [2.45, 2.75) is 19.6 Å². The van der Waals surface area contributed by atoms with E-state index in [0.29, 0.717) is 24.5 Å². The molecule has 0 fully saturated rings. The van der Waals surface area contributed by atoms with Crippen molar-refractivity contribution in [3.05, 3.63) is 83.9 Å². The fourth-order valence-corrected chi connectivity index (χ4v) is 2.43. The van der Waals surface area contributed by atoms with Crippen LogP contribution < -0.4 is 10.1 Å². The van der Waals surface area contributed by atoms with E-state index >= 15 is 0 Å². The fraction of sp³-hybridized carbons (Fsp3) is 0.200. The standard InChI is InChI=1S/C20H20FN3O2/c21-18-7-9-19(10-8-18)26-15-16-3-5-17(6-4-16)20(25)22-11-1-13-24-14-2-12-23-24/h2-10,12,14H,1,11,13,15H2,(H,22,25). The molecule has 5 nitrogen and oxygen atoms in total. The van der Waals surface area contributed by atoms with Crippen LogP contribution in [-0.4, -0.2) is 22.2 Å². The van der Waals surface area contributed by atoms with Crippen LogP contribution in [0.2, 0.25) is 0 Å². The summed E-state index contributed by atoms with van der Waals surface area (Å²) in [6, 6.07) is 15.0. The first-order valence-corrected chi connectivity index (χ1v) is 8.44. The Morgan fingerprint density at radius 1 is 1.12 bits per heavy atom. The van der Waals surface area contributed by atoms with Crippen molar-refractivity contribution in [2.75, 3.05) is 6.54 Å². The molecule has 2 aromatic carbocycles. The number of carbonyl (C=O) groups is 1. The molecule has 0 radical (unpaired) electrons. The van der Waals surface area contributed by atoms with Gasteiger partial charge in [-0.1, -0.05) is 12.1 Å². The van der Waals surface area contributed by atoms with Crippen molar-refractivity contribution in [1.82, 2.24) is 15.1 Å². The highest BCUT2D eigenvalue weighted by atomic mass is 19.1. The molecule has 0 unspecified atom stereocenters. The molecule has 1 amide bonds. The number of hydrogen-bond donors (Lipinski definition) is 1. The molecule has 134 valence electrons. The van der Waals surface area contributed by atoms with Crippen LogP contribution in [0.1, 0.15) is 22.3 Å². The number of halogens is 1. The second-order valence-corrected chi connectivity index (χ2v) is 5.82. The predicted octanol–water partition coefficient (Wildman–Crippen LogP) is 3.42. The number of amides is 1. The Morgan fingerprint density at radius 3 is 2.58 bits per heavy atom. The minimum absolute atomic E-state index is 0.100. The summed E-state index contributed by atoms with van der Waals surface area (Å²) in [6.07, 6.45) is 4.45. The summed E-state index contributed by atoms with van der Waals surface area (Å²) in [4.78, 5) is 12.1. The Morgan fingerprint density at radius 2 is 1.88 bits per heavy atom. The lowest BCUT2D eigenvalue weighted by Crippen LogP contribution is -2.25. The average Bonchev–Trinajstić information content (AvgIpc) is 3.18. The third kappa shape index (κ3) is 5.17. The molecule has 0 bridgehead atoms. The number of aryl methyl sites for hydroxylation is 1. The van der Waals surface area contributed by atoms with Gasteiger partial charge < -0.3 is 10.1 Å². The maximum atomic E-state index is 12.9. The van der Waals surface area contributed by atoms with Gasteiger partial charge in [0.1, 0.15) is 18.2 Å². The van der Waals surface area contributed by atoms with Crippen molar-refractivity contribution in [3.8, 4) is 5.75 Å². The predicted molar refractivity (Wildman–Crippen MR) is 96.4 cm³/mol. The van der Waals surface area contributed by atoms with E-state index in [2.05, 4.69) is 10.4 Å². The number of carbonyl (C=O) groups excluding carboxylic acids is 1. The average molecular weight is 353 g/mol. The number of nitrogens with zero attached hydrogens (tertiary/aromatic N) is 2. The van der Waals surface area contributed by atoms with E-state index in [9.17, 15) is 9.18 Å². The Kier molecular flexibility index (Phi) is 5.98. The van der Waals surface area contributed by atoms with E-state index < -0.39 is 0 Å². The van der Waals surface area contributed by atoms with Crippen LogP contribution in [0.25, 0.3) is 0 Å². The molecule has 0 aliphatic rings. The van der Waals surface area contributed by atoms with E-state index in [1.54, 1.807) is 30.5 Å². The van der Waals surface area contributed by atoms with Gasteiger partial charge in [0.25, 0.3) is 5.91 Å². The molecule has 0 saturated carbocycles. The summed E-state index contributed by atoms with van der Waals surface area (Å²) in [6.45, 7) is 1.72. The van der Waals surface area contributed by atoms with Gasteiger partial charge in [0.2, 0.25) is 0 Å². The van der Waals surface area contributed by atoms with Gasteiger partial charge in [0, 0.05) is 31.0 Å². The second kappa shape index (κ2) is 8.80. The molecule has 0 spiro atoms. The smallest absolute Gasteiger partial charge is 0.251 e. The molecule has 26 heavy (non-hydrogen) atoms. The zero-order valence-electron chi connectivity index (χ0n) is 14.3. The molecule has 0 aliphatic heterocycles. The molecule has 1 aromatic heterocycles. The van der Waals surface area contributed by atoms with Gasteiger partial charge in [-0.25, -0.2) is 4.39 Å². The van der Waals surface area contributed by atoms with Crippen molar-refractivity contribution >= 4 is 5.91 Å². The minimum Gasteiger partial charge on any atom is -0.489 e. The number of benzene rings is 2. The molecule has 3 rings (SSSR count). The number of ether oxygens (including phenoxy) is 1. The van der Waals surface area contributed by atoms with Crippen LogP contribution in [0, 0.1) is 5.82 Å². The lowest BCUT2D eigenvalue weighted by atomic mass is 10.1. The first kappa shape index (κ1) is 17.7. The molecule has 0 saturated heterocycles. The van der Waals surface area contributed by atoms with E-state index in [4.69, 9.17) is 4.74 Å². The monoisotopic (exact) mass is 353 g/mol.